The lowest BCUT2D eigenvalue weighted by atomic mass is 9.96. The molecule has 0 fully saturated rings. The second-order valence-electron chi connectivity index (χ2n) is 24.1. The van der Waals surface area contributed by atoms with Crippen molar-refractivity contribution in [2.75, 3.05) is 97.0 Å². The first-order valence-corrected chi connectivity index (χ1v) is 45.2. The molecule has 1 aliphatic heterocycles. The minimum Gasteiger partial charge on any atom is -0.480 e. The van der Waals surface area contributed by atoms with Crippen molar-refractivity contribution in [3.8, 4) is 0 Å². The number of esters is 2. The van der Waals surface area contributed by atoms with Gasteiger partial charge in [-0.1, -0.05) is 42.2 Å². The van der Waals surface area contributed by atoms with Gasteiger partial charge in [-0.2, -0.15) is 0 Å². The summed E-state index contributed by atoms with van der Waals surface area (Å²) in [6.07, 6.45) is 7.95. The minimum atomic E-state index is -3.71. The zero-order valence-electron chi connectivity index (χ0n) is 62.7. The third-order valence-electron chi connectivity index (χ3n) is 11.0. The molecule has 4 amide bonds. The lowest BCUT2D eigenvalue weighted by molar-refractivity contribution is -0.143. The number of hydrogen-bond acceptors (Lipinski definition) is 31. The molecule has 0 saturated heterocycles. The van der Waals surface area contributed by atoms with E-state index >= 15 is 0 Å². The van der Waals surface area contributed by atoms with E-state index in [9.17, 15) is 94.0 Å². The Morgan fingerprint density at radius 2 is 0.964 bits per heavy atom. The smallest absolute Gasteiger partial charge is 0.408 e. The molecule has 111 heavy (non-hydrogen) atoms. The van der Waals surface area contributed by atoms with Gasteiger partial charge >= 0.3 is 36.1 Å². The third-order valence-corrected chi connectivity index (χ3v) is 17.1. The fraction of sp³-hybridized carbons (Fsp3) is 0.561. The van der Waals surface area contributed by atoms with Gasteiger partial charge in [0.05, 0.1) is 93.5 Å². The molecule has 3 rings (SSSR count). The Morgan fingerprint density at radius 3 is 1.32 bits per heavy atom. The zero-order chi connectivity index (χ0) is 86.6. The maximum absolute atomic E-state index is 12.9. The number of carbonyl (C=O) groups is 8. The predicted octanol–water partition coefficient (Wildman–Crippen LogP) is -0.236. The number of aliphatic imine (C=N–C) groups is 4. The maximum Gasteiger partial charge on any atom is 0.408 e. The van der Waals surface area contributed by atoms with E-state index in [-0.39, 0.29) is 72.8 Å². The van der Waals surface area contributed by atoms with Gasteiger partial charge in [0.15, 0.2) is 0 Å². The number of nitrogens with two attached hydrogens (primary N) is 4. The van der Waals surface area contributed by atoms with E-state index in [0.717, 1.165) is 44.6 Å². The van der Waals surface area contributed by atoms with Crippen LogP contribution in [0.3, 0.4) is 0 Å². The van der Waals surface area contributed by atoms with E-state index in [4.69, 9.17) is 66.6 Å². The van der Waals surface area contributed by atoms with Crippen LogP contribution in [0.2, 0.25) is 15.1 Å². The number of amidine groups is 2. The highest BCUT2D eigenvalue weighted by Crippen LogP contribution is 2.35. The molecule has 17 N–H and O–H groups in total. The van der Waals surface area contributed by atoms with Gasteiger partial charge in [-0.15, -0.1) is 27.9 Å². The Hall–Kier alpha value is -7.86. The molecule has 0 saturated carbocycles. The van der Waals surface area contributed by atoms with Crippen molar-refractivity contribution in [1.29, 1.82) is 0 Å². The predicted molar refractivity (Wildman–Crippen MR) is 427 cm³/mol. The summed E-state index contributed by atoms with van der Waals surface area (Å²) in [4.78, 5) is 110. The number of fused-ring (bicyclic) bond motifs is 1. The van der Waals surface area contributed by atoms with Crippen LogP contribution in [0.15, 0.2) is 54.7 Å². The third kappa shape index (κ3) is 56.9. The number of methoxy groups -OCH3 is 2. The van der Waals surface area contributed by atoms with Gasteiger partial charge in [-0.3, -0.25) is 48.2 Å². The lowest BCUT2D eigenvalue weighted by Gasteiger charge is -2.30. The number of carboxylic acid groups (broad SMARTS) is 2. The van der Waals surface area contributed by atoms with Crippen molar-refractivity contribution in [1.82, 2.24) is 39.7 Å². The lowest BCUT2D eigenvalue weighted by Crippen LogP contribution is -2.46. The van der Waals surface area contributed by atoms with Crippen LogP contribution in [0.5, 0.6) is 0 Å². The number of ether oxygens (including phenoxy) is 4. The van der Waals surface area contributed by atoms with Crippen LogP contribution >= 0.6 is 58.3 Å². The number of aliphatic carboxylic acids is 2. The van der Waals surface area contributed by atoms with E-state index in [0.29, 0.717) is 39.1 Å². The molecule has 0 radical (unpaired) electrons. The molecule has 0 aliphatic carbocycles. The van der Waals surface area contributed by atoms with Gasteiger partial charge in [0.1, 0.15) is 51.4 Å². The molecule has 54 heteroatoms. The molecule has 0 aromatic heterocycles. The van der Waals surface area contributed by atoms with Gasteiger partial charge in [0.2, 0.25) is 62.0 Å². The molecule has 2 aromatic carbocycles. The Balaban J connectivity index is -0.000000673. The van der Waals surface area contributed by atoms with Gasteiger partial charge in [-0.05, 0) is 116 Å². The number of thioether (sulfide) groups is 2. The summed E-state index contributed by atoms with van der Waals surface area (Å²) in [5, 5.41) is 30.0. The zero-order valence-corrected chi connectivity index (χ0v) is 71.5. The van der Waals surface area contributed by atoms with Gasteiger partial charge in [0, 0.05) is 23.7 Å². The molecule has 4 atom stereocenters. The summed E-state index contributed by atoms with van der Waals surface area (Å²) in [6.45, 7) is 12.0. The minimum absolute atomic E-state index is 0. The van der Waals surface area contributed by atoms with E-state index < -0.39 is 150 Å². The summed E-state index contributed by atoms with van der Waals surface area (Å²) in [5.41, 5.74) is 16.1. The SMILES string of the molecule is C.CC(=NC[C@H](NC(=O)OC(C)(C)C)C(=O)O)NS(C)(=O)=O.COC(=O)[C@@H](N)CN=C(N)NS(C)(=O)=O.COC(=O)[C@H](CN=C(C)NS(C)(=O)=O)NC(=O)OC(C)(C)C.CS(=O)(=O)NC(N)=NC[C@H](NC(=O)c1c(Cl)cc2c(c1Cl)CCN(C(=O)c1ccc(Cl)cc1)C2)C(=O)O.CS(N)(=O)=O.CSC(=NS(C)(=O)=O)SC. The number of carbonyl (C=O) groups excluding carboxylic acids is 6. The van der Waals surface area contributed by atoms with Crippen molar-refractivity contribution in [2.45, 2.75) is 111 Å². The van der Waals surface area contributed by atoms with Crippen molar-refractivity contribution in [3.05, 3.63) is 67.7 Å². The summed E-state index contributed by atoms with van der Waals surface area (Å²) >= 11 is 21.4. The molecule has 43 nitrogen and oxygen atoms in total. The summed E-state index contributed by atoms with van der Waals surface area (Å²) < 4.78 is 159. The number of guanidine groups is 2. The Bertz CT molecular complexity index is 4400. The molecular weight excluding hydrogens is 1700 g/mol. The normalized spacial score (nSPS) is 13.8. The second kappa shape index (κ2) is 49.6. The number of halogens is 3. The van der Waals surface area contributed by atoms with E-state index in [1.165, 1.54) is 50.5 Å². The number of nitrogens with one attached hydrogen (secondary N) is 7. The molecular formula is C57H98Cl3N17O26S8. The number of amides is 4. The quantitative estimate of drug-likeness (QED) is 0.0313. The van der Waals surface area contributed by atoms with E-state index in [1.54, 1.807) is 83.2 Å². The standard InChI is InChI=1S/C22H22Cl3N5O6S.C12H23N3O6S.C11H21N3O6S.C6H14N4O4S.C4H9NO2S3.CH5NO2S.CH4/c1-37(35,36)29-22(26)27-9-16(21(33)34)28-19(31)17-15(24)8-12-10-30(7-6-14(12)18(17)25)20(32)11-2-4-13(23)5-3-11;1-8(15-22(6,18)19)13-7-9(10(16)20-5)14-11(17)21-12(2,3)4;1-7(14-21(5,18)19)12-6-8(9(15)16)13-10(17)20-11(2,3)4;1-14-5(11)4(7)3-9-6(8)10-15(2,12)13;1-8-4(9-2)5-10(3,6)7;1-5(2,3)4;/h2-5,8,16H,6-7,9-10H2,1H3,(H,28,31)(H,33,34)(H3,26,27,29);9H,7H2,1-6H3,(H,13,15)(H,14,17);8H,6H2,1-5H3,(H,12,14)(H,13,17)(H,15,16);4H,3,7H2,1-2H3,(H3,8,9,10);1-3H3;1H3,(H2,2,3,4);1H4/t16-;9-;8-;4-;;;/m0000.../s1. The first kappa shape index (κ1) is 109. The summed E-state index contributed by atoms with van der Waals surface area (Å²) in [6, 6.07) is 3.09. The first-order valence-electron chi connectivity index (χ1n) is 30.3. The highest BCUT2D eigenvalue weighted by molar-refractivity contribution is 8.38. The molecule has 2 aromatic rings. The molecule has 1 aliphatic rings. The van der Waals surface area contributed by atoms with E-state index in [1.807, 2.05) is 9.44 Å². The monoisotopic (exact) mass is 1800 g/mol. The molecule has 636 valence electrons. The van der Waals surface area contributed by atoms with E-state index in [2.05, 4.69) is 64.4 Å². The first-order chi connectivity index (χ1) is 49.7. The van der Waals surface area contributed by atoms with Gasteiger partial charge < -0.3 is 67.2 Å². The molecule has 0 unspecified atom stereocenters. The van der Waals surface area contributed by atoms with Crippen molar-refractivity contribution < 1.29 is 118 Å². The average Bonchev–Trinajstić information content (AvgIpc) is 0.773. The highest BCUT2D eigenvalue weighted by Gasteiger charge is 2.31. The Labute approximate surface area is 669 Å². The van der Waals surface area contributed by atoms with Crippen LogP contribution in [0.4, 0.5) is 9.59 Å². The number of sulfonamides is 6. The van der Waals surface area contributed by atoms with Crippen LogP contribution in [0.25, 0.3) is 0 Å². The van der Waals surface area contributed by atoms with Gasteiger partial charge in [-0.25, -0.2) is 84.6 Å². The molecule has 0 bridgehead atoms. The number of hydrogen-bond donors (Lipinski definition) is 13. The Kier molecular flexibility index (Phi) is 48.9. The number of nitrogens with zero attached hydrogens (tertiary/aromatic N) is 6. The average molecular weight is 1800 g/mol. The van der Waals surface area contributed by atoms with Crippen molar-refractivity contribution >= 4 is 194 Å². The number of benzene rings is 2. The summed E-state index contributed by atoms with van der Waals surface area (Å²) in [7, 11) is -18.1. The molecule has 1 heterocycles. The van der Waals surface area contributed by atoms with Crippen molar-refractivity contribution in [3.63, 3.8) is 0 Å². The van der Waals surface area contributed by atoms with Crippen molar-refractivity contribution in [2.24, 2.45) is 46.7 Å². The number of rotatable bonds is 22. The fourth-order valence-electron chi connectivity index (χ4n) is 7.04. The number of alkyl carbamates (subject to hydrolysis) is 2. The van der Waals surface area contributed by atoms with Crippen LogP contribution in [-0.2, 0) is 111 Å². The number of carboxylic acids is 2. The van der Waals surface area contributed by atoms with Crippen LogP contribution in [0.1, 0.15) is 94.7 Å². The largest absolute Gasteiger partial charge is 0.480 e. The second-order valence-corrected chi connectivity index (χ2v) is 37.4. The number of primary sulfonamides is 1. The topological polar surface area (TPSA) is 672 Å². The molecule has 0 spiro atoms. The van der Waals surface area contributed by atoms with Gasteiger partial charge in [0.25, 0.3) is 21.8 Å². The fourth-order valence-corrected chi connectivity index (χ4v) is 12.4. The summed E-state index contributed by atoms with van der Waals surface area (Å²) in [5.74, 6) is -5.93. The van der Waals surface area contributed by atoms with Crippen LogP contribution in [-0.4, -0.2) is 274 Å². The highest BCUT2D eigenvalue weighted by atomic mass is 35.5. The van der Waals surface area contributed by atoms with Crippen LogP contribution in [0, 0.1) is 0 Å². The Morgan fingerprint density at radius 1 is 0.595 bits per heavy atom. The maximum atomic E-state index is 12.9. The van der Waals surface area contributed by atoms with Crippen LogP contribution < -0.4 is 57.2 Å².